The summed E-state index contributed by atoms with van der Waals surface area (Å²) in [5.41, 5.74) is 0.454. The fourth-order valence-electron chi connectivity index (χ4n) is 1.28. The molecule has 0 fully saturated rings. The first-order valence-electron chi connectivity index (χ1n) is 4.59. The van der Waals surface area contributed by atoms with Gasteiger partial charge in [-0.25, -0.2) is 17.9 Å². The van der Waals surface area contributed by atoms with E-state index >= 15 is 0 Å². The van der Waals surface area contributed by atoms with Gasteiger partial charge >= 0.3 is 5.97 Å². The Hall–Kier alpha value is -0.920. The zero-order valence-electron chi connectivity index (χ0n) is 9.14. The maximum atomic E-state index is 11.9. The molecule has 0 amide bonds. The minimum absolute atomic E-state index is 0.126. The van der Waals surface area contributed by atoms with Gasteiger partial charge in [-0.05, 0) is 31.7 Å². The molecule has 1 heterocycles. The van der Waals surface area contributed by atoms with Gasteiger partial charge in [-0.3, -0.25) is 0 Å². The predicted molar refractivity (Wildman–Crippen MR) is 61.5 cm³/mol. The van der Waals surface area contributed by atoms with Gasteiger partial charge in [-0.15, -0.1) is 11.3 Å². The monoisotopic (exact) mass is 263 g/mol. The summed E-state index contributed by atoms with van der Waals surface area (Å²) < 4.78 is 26.1. The Morgan fingerprint density at radius 1 is 1.50 bits per heavy atom. The highest BCUT2D eigenvalue weighted by Crippen LogP contribution is 2.26. The minimum atomic E-state index is -3.74. The van der Waals surface area contributed by atoms with Gasteiger partial charge in [0.25, 0.3) is 0 Å². The number of aryl methyl sites for hydroxylation is 1. The lowest BCUT2D eigenvalue weighted by Gasteiger charge is -2.10. The molecular weight excluding hydrogens is 250 g/mol. The van der Waals surface area contributed by atoms with E-state index in [1.165, 1.54) is 5.38 Å². The van der Waals surface area contributed by atoms with Crippen molar-refractivity contribution in [2.24, 2.45) is 0 Å². The van der Waals surface area contributed by atoms with E-state index in [1.54, 1.807) is 20.8 Å². The molecule has 0 bridgehead atoms. The van der Waals surface area contributed by atoms with Crippen LogP contribution in [0.25, 0.3) is 0 Å². The summed E-state index contributed by atoms with van der Waals surface area (Å²) >= 11 is 0.920. The molecule has 0 unspecified atom stereocenters. The normalized spacial score (nSPS) is 12.0. The topological polar surface area (TPSA) is 83.5 Å². The Balaban J connectivity index is 3.32. The van der Waals surface area contributed by atoms with Crippen LogP contribution in [0.15, 0.2) is 10.3 Å². The number of thiophene rings is 1. The third-order valence-corrected chi connectivity index (χ3v) is 4.83. The van der Waals surface area contributed by atoms with Crippen LogP contribution in [0.2, 0.25) is 0 Å². The van der Waals surface area contributed by atoms with Gasteiger partial charge in [0, 0.05) is 6.04 Å². The Morgan fingerprint density at radius 3 is 2.50 bits per heavy atom. The molecule has 7 heteroatoms. The van der Waals surface area contributed by atoms with E-state index in [2.05, 4.69) is 4.72 Å². The molecule has 90 valence electrons. The highest BCUT2D eigenvalue weighted by Gasteiger charge is 2.26. The van der Waals surface area contributed by atoms with Crippen molar-refractivity contribution in [1.29, 1.82) is 0 Å². The van der Waals surface area contributed by atoms with Gasteiger partial charge in [-0.1, -0.05) is 0 Å². The molecule has 0 saturated carbocycles. The number of carbonyl (C=O) groups is 1. The quantitative estimate of drug-likeness (QED) is 0.861. The molecule has 16 heavy (non-hydrogen) atoms. The largest absolute Gasteiger partial charge is 0.477 e. The molecule has 1 rings (SSSR count). The molecule has 0 aliphatic rings. The highest BCUT2D eigenvalue weighted by atomic mass is 32.2. The second-order valence-electron chi connectivity index (χ2n) is 3.66. The van der Waals surface area contributed by atoms with Crippen molar-refractivity contribution >= 4 is 27.3 Å². The van der Waals surface area contributed by atoms with Crippen LogP contribution in [0.1, 0.15) is 29.1 Å². The van der Waals surface area contributed by atoms with Gasteiger partial charge in [0.2, 0.25) is 10.0 Å². The van der Waals surface area contributed by atoms with Crippen LogP contribution in [0.4, 0.5) is 0 Å². The molecule has 0 aliphatic carbocycles. The van der Waals surface area contributed by atoms with Crippen molar-refractivity contribution in [3.63, 3.8) is 0 Å². The lowest BCUT2D eigenvalue weighted by atomic mass is 10.3. The lowest BCUT2D eigenvalue weighted by molar-refractivity contribution is 0.0698. The number of rotatable bonds is 4. The fraction of sp³-hybridized carbons (Fsp3) is 0.444. The van der Waals surface area contributed by atoms with Gasteiger partial charge in [0.05, 0.1) is 0 Å². The number of hydrogen-bond donors (Lipinski definition) is 2. The van der Waals surface area contributed by atoms with Crippen LogP contribution >= 0.6 is 11.3 Å². The highest BCUT2D eigenvalue weighted by molar-refractivity contribution is 7.89. The average Bonchev–Trinajstić information content (AvgIpc) is 2.44. The van der Waals surface area contributed by atoms with Crippen LogP contribution in [0.5, 0.6) is 0 Å². The van der Waals surface area contributed by atoms with E-state index in [0.717, 1.165) is 11.3 Å². The van der Waals surface area contributed by atoms with E-state index in [1.807, 2.05) is 0 Å². The van der Waals surface area contributed by atoms with Crippen molar-refractivity contribution in [3.8, 4) is 0 Å². The zero-order chi connectivity index (χ0) is 12.5. The number of hydrogen-bond acceptors (Lipinski definition) is 4. The lowest BCUT2D eigenvalue weighted by Crippen LogP contribution is -2.31. The summed E-state index contributed by atoms with van der Waals surface area (Å²) in [6.07, 6.45) is 0. The van der Waals surface area contributed by atoms with Crippen LogP contribution in [0, 0.1) is 6.92 Å². The van der Waals surface area contributed by atoms with Crippen LogP contribution in [-0.2, 0) is 10.0 Å². The molecule has 0 saturated heterocycles. The molecule has 0 radical (unpaired) electrons. The number of carboxylic acids is 1. The smallest absolute Gasteiger partial charge is 0.347 e. The first kappa shape index (κ1) is 13.1. The van der Waals surface area contributed by atoms with Crippen molar-refractivity contribution < 1.29 is 18.3 Å². The van der Waals surface area contributed by atoms with Gasteiger partial charge < -0.3 is 5.11 Å². The number of aromatic carboxylic acids is 1. The molecule has 0 aromatic carbocycles. The molecule has 0 atom stereocenters. The fourth-order valence-corrected chi connectivity index (χ4v) is 4.17. The van der Waals surface area contributed by atoms with Crippen molar-refractivity contribution in [1.82, 2.24) is 4.72 Å². The maximum absolute atomic E-state index is 11.9. The average molecular weight is 263 g/mol. The summed E-state index contributed by atoms with van der Waals surface area (Å²) in [4.78, 5) is 10.6. The van der Waals surface area contributed by atoms with Crippen LogP contribution < -0.4 is 4.72 Å². The zero-order valence-corrected chi connectivity index (χ0v) is 10.8. The predicted octanol–water partition coefficient (Wildman–Crippen LogP) is 1.44. The standard InChI is InChI=1S/C9H13NO4S2/c1-5(2)10-16(13,14)8-6(3)4-15-7(8)9(11)12/h4-5,10H,1-3H3,(H,11,12). The molecular formula is C9H13NO4S2. The second kappa shape index (κ2) is 4.52. The van der Waals surface area contributed by atoms with E-state index < -0.39 is 16.0 Å². The Labute approximate surface area is 98.2 Å². The van der Waals surface area contributed by atoms with Gasteiger partial charge in [-0.2, -0.15) is 0 Å². The van der Waals surface area contributed by atoms with E-state index in [9.17, 15) is 13.2 Å². The van der Waals surface area contributed by atoms with E-state index in [0.29, 0.717) is 5.56 Å². The third kappa shape index (κ3) is 2.60. The Morgan fingerprint density at radius 2 is 2.06 bits per heavy atom. The Kier molecular flexibility index (Phi) is 3.72. The van der Waals surface area contributed by atoms with E-state index in [4.69, 9.17) is 5.11 Å². The first-order chi connectivity index (χ1) is 7.25. The van der Waals surface area contributed by atoms with Crippen LogP contribution in [-0.4, -0.2) is 25.5 Å². The number of nitrogens with one attached hydrogen (secondary N) is 1. The molecule has 2 N–H and O–H groups in total. The van der Waals surface area contributed by atoms with Crippen molar-refractivity contribution in [2.75, 3.05) is 0 Å². The first-order valence-corrected chi connectivity index (χ1v) is 6.95. The SMILES string of the molecule is Cc1csc(C(=O)O)c1S(=O)(=O)NC(C)C. The maximum Gasteiger partial charge on any atom is 0.347 e. The minimum Gasteiger partial charge on any atom is -0.477 e. The van der Waals surface area contributed by atoms with Crippen molar-refractivity contribution in [3.05, 3.63) is 15.8 Å². The summed E-state index contributed by atoms with van der Waals surface area (Å²) in [7, 11) is -3.74. The van der Waals surface area contributed by atoms with E-state index in [-0.39, 0.29) is 15.8 Å². The van der Waals surface area contributed by atoms with Gasteiger partial charge in [0.1, 0.15) is 9.77 Å². The molecule has 1 aromatic rings. The number of sulfonamides is 1. The van der Waals surface area contributed by atoms with Crippen LogP contribution in [0.3, 0.4) is 0 Å². The van der Waals surface area contributed by atoms with Gasteiger partial charge in [0.15, 0.2) is 0 Å². The summed E-state index contributed by atoms with van der Waals surface area (Å²) in [6.45, 7) is 4.94. The molecule has 0 aliphatic heterocycles. The molecule has 5 nitrogen and oxygen atoms in total. The summed E-state index contributed by atoms with van der Waals surface area (Å²) in [6, 6.07) is -0.272. The molecule has 0 spiro atoms. The second-order valence-corrected chi connectivity index (χ2v) is 6.19. The Bertz CT molecular complexity index is 502. The summed E-state index contributed by atoms with van der Waals surface area (Å²) in [5.74, 6) is -1.22. The number of carboxylic acid groups (broad SMARTS) is 1. The summed E-state index contributed by atoms with van der Waals surface area (Å²) in [5, 5.41) is 10.4. The molecule has 1 aromatic heterocycles. The third-order valence-electron chi connectivity index (χ3n) is 1.77. The van der Waals surface area contributed by atoms with Crippen molar-refractivity contribution in [2.45, 2.75) is 31.7 Å².